The van der Waals surface area contributed by atoms with E-state index in [0.717, 1.165) is 11.2 Å². The zero-order chi connectivity index (χ0) is 15.5. The predicted molar refractivity (Wildman–Crippen MR) is 84.9 cm³/mol. The van der Waals surface area contributed by atoms with E-state index in [9.17, 15) is 10.1 Å². The molecule has 5 nitrogen and oxygen atoms in total. The van der Waals surface area contributed by atoms with Crippen LogP contribution in [0.2, 0.25) is 0 Å². The van der Waals surface area contributed by atoms with E-state index in [-0.39, 0.29) is 11.5 Å². The first-order chi connectivity index (χ1) is 10.7. The molecule has 0 aliphatic carbocycles. The number of ketones is 1. The van der Waals surface area contributed by atoms with Crippen molar-refractivity contribution in [3.05, 3.63) is 40.3 Å². The second-order valence-electron chi connectivity index (χ2n) is 4.59. The minimum absolute atomic E-state index is 0.129. The molecule has 0 amide bonds. The Kier molecular flexibility index (Phi) is 4.22. The molecule has 1 atom stereocenters. The third-order valence-electron chi connectivity index (χ3n) is 2.95. The van der Waals surface area contributed by atoms with E-state index in [0.29, 0.717) is 15.8 Å². The minimum atomic E-state index is -0.824. The van der Waals surface area contributed by atoms with Gasteiger partial charge in [0.25, 0.3) is 5.22 Å². The molecule has 22 heavy (non-hydrogen) atoms. The number of carbonyl (C=O) groups excluding carboxylic acids is 1. The van der Waals surface area contributed by atoms with Crippen molar-refractivity contribution >= 4 is 40.0 Å². The normalized spacial score (nSPS) is 12.2. The number of fused-ring (bicyclic) bond motifs is 1. The lowest BCUT2D eigenvalue weighted by Gasteiger charge is -2.03. The molecule has 0 aliphatic rings. The summed E-state index contributed by atoms with van der Waals surface area (Å²) in [5.41, 5.74) is 2.26. The molecule has 0 bridgehead atoms. The van der Waals surface area contributed by atoms with Crippen LogP contribution in [0, 0.1) is 18.3 Å². The minimum Gasteiger partial charge on any atom is -0.431 e. The number of para-hydroxylation sites is 2. The molecule has 7 heteroatoms. The number of thioether (sulfide) groups is 1. The third kappa shape index (κ3) is 3.03. The second kappa shape index (κ2) is 6.30. The molecule has 0 radical (unpaired) electrons. The Morgan fingerprint density at radius 2 is 2.27 bits per heavy atom. The molecular weight excluding hydrogens is 318 g/mol. The molecule has 2 heterocycles. The van der Waals surface area contributed by atoms with Gasteiger partial charge in [-0.05, 0) is 19.1 Å². The van der Waals surface area contributed by atoms with Crippen LogP contribution in [0.25, 0.3) is 11.1 Å². The Bertz CT molecular complexity index is 830. The van der Waals surface area contributed by atoms with Gasteiger partial charge in [-0.25, -0.2) is 9.97 Å². The Hall–Kier alpha value is -2.17. The van der Waals surface area contributed by atoms with Crippen molar-refractivity contribution in [3.8, 4) is 6.07 Å². The molecule has 0 N–H and O–H groups in total. The molecule has 0 spiro atoms. The van der Waals surface area contributed by atoms with Crippen LogP contribution in [0.5, 0.6) is 0 Å². The van der Waals surface area contributed by atoms with Crippen LogP contribution in [0.4, 0.5) is 0 Å². The zero-order valence-electron chi connectivity index (χ0n) is 11.6. The highest BCUT2D eigenvalue weighted by Crippen LogP contribution is 2.26. The van der Waals surface area contributed by atoms with Crippen molar-refractivity contribution in [2.75, 3.05) is 5.75 Å². The molecule has 0 fully saturated rings. The molecule has 0 aliphatic heterocycles. The topological polar surface area (TPSA) is 79.8 Å². The first-order valence-electron chi connectivity index (χ1n) is 6.50. The molecule has 1 unspecified atom stereocenters. The van der Waals surface area contributed by atoms with Gasteiger partial charge in [0.1, 0.15) is 10.5 Å². The summed E-state index contributed by atoms with van der Waals surface area (Å²) in [6.07, 6.45) is 0. The average Bonchev–Trinajstić information content (AvgIpc) is 3.12. The Balaban J connectivity index is 1.69. The largest absolute Gasteiger partial charge is 0.431 e. The van der Waals surface area contributed by atoms with Crippen molar-refractivity contribution in [2.24, 2.45) is 0 Å². The van der Waals surface area contributed by atoms with E-state index in [1.807, 2.05) is 42.6 Å². The first kappa shape index (κ1) is 14.8. The van der Waals surface area contributed by atoms with Crippen LogP contribution in [0.15, 0.2) is 39.3 Å². The summed E-state index contributed by atoms with van der Waals surface area (Å²) >= 11 is 2.53. The lowest BCUT2D eigenvalue weighted by atomic mass is 10.1. The quantitative estimate of drug-likeness (QED) is 0.666. The molecule has 3 aromatic rings. The molecule has 0 saturated heterocycles. The van der Waals surface area contributed by atoms with E-state index >= 15 is 0 Å². The van der Waals surface area contributed by atoms with Gasteiger partial charge in [-0.1, -0.05) is 23.9 Å². The van der Waals surface area contributed by atoms with Crippen LogP contribution in [0.1, 0.15) is 16.6 Å². The van der Waals surface area contributed by atoms with E-state index in [4.69, 9.17) is 4.42 Å². The smallest absolute Gasteiger partial charge is 0.257 e. The highest BCUT2D eigenvalue weighted by molar-refractivity contribution is 7.99. The van der Waals surface area contributed by atoms with Gasteiger partial charge in [0.05, 0.1) is 11.8 Å². The zero-order valence-corrected chi connectivity index (χ0v) is 13.3. The van der Waals surface area contributed by atoms with E-state index < -0.39 is 5.92 Å². The predicted octanol–water partition coefficient (Wildman–Crippen LogP) is 3.56. The van der Waals surface area contributed by atoms with Gasteiger partial charge >= 0.3 is 0 Å². The fraction of sp³-hybridized carbons (Fsp3) is 0.200. The summed E-state index contributed by atoms with van der Waals surface area (Å²) in [5, 5.41) is 12.0. The molecule has 3 rings (SSSR count). The SMILES string of the molecule is Cc1csc(C(C#N)C(=O)CSc2nc3ccccc3o2)n1. The number of hydrogen-bond acceptors (Lipinski definition) is 7. The number of oxazole rings is 1. The first-order valence-corrected chi connectivity index (χ1v) is 8.36. The summed E-state index contributed by atoms with van der Waals surface area (Å²) in [6, 6.07) is 9.44. The standard InChI is InChI=1S/C15H11N3O2S2/c1-9-7-21-14(17-9)10(6-16)12(19)8-22-15-18-11-4-2-3-5-13(11)20-15/h2-5,7,10H,8H2,1H3. The fourth-order valence-electron chi connectivity index (χ4n) is 1.90. The van der Waals surface area contributed by atoms with Gasteiger partial charge in [-0.2, -0.15) is 5.26 Å². The van der Waals surface area contributed by atoms with E-state index in [1.54, 1.807) is 0 Å². The van der Waals surface area contributed by atoms with Crippen LogP contribution in [-0.2, 0) is 4.79 Å². The number of thiazole rings is 1. The summed E-state index contributed by atoms with van der Waals surface area (Å²) < 4.78 is 5.55. The molecule has 1 aromatic carbocycles. The van der Waals surface area contributed by atoms with Crippen molar-refractivity contribution in [3.63, 3.8) is 0 Å². The van der Waals surface area contributed by atoms with Crippen molar-refractivity contribution in [1.82, 2.24) is 9.97 Å². The van der Waals surface area contributed by atoms with Gasteiger partial charge in [0.2, 0.25) is 0 Å². The lowest BCUT2D eigenvalue weighted by Crippen LogP contribution is -2.13. The third-order valence-corrected chi connectivity index (χ3v) is 4.82. The van der Waals surface area contributed by atoms with Crippen molar-refractivity contribution in [1.29, 1.82) is 5.26 Å². The Morgan fingerprint density at radius 3 is 2.95 bits per heavy atom. The Labute approximate surface area is 135 Å². The fourth-order valence-corrected chi connectivity index (χ4v) is 3.50. The maximum atomic E-state index is 12.2. The van der Waals surface area contributed by atoms with Crippen LogP contribution < -0.4 is 0 Å². The number of nitriles is 1. The summed E-state index contributed by atoms with van der Waals surface area (Å²) in [4.78, 5) is 20.7. The van der Waals surface area contributed by atoms with Gasteiger partial charge < -0.3 is 4.42 Å². The lowest BCUT2D eigenvalue weighted by molar-refractivity contribution is -0.116. The maximum absolute atomic E-state index is 12.2. The van der Waals surface area contributed by atoms with Gasteiger partial charge in [0, 0.05) is 11.1 Å². The van der Waals surface area contributed by atoms with Gasteiger partial charge in [-0.15, -0.1) is 11.3 Å². The van der Waals surface area contributed by atoms with Gasteiger partial charge in [0.15, 0.2) is 17.3 Å². The maximum Gasteiger partial charge on any atom is 0.257 e. The van der Waals surface area contributed by atoms with E-state index in [1.165, 1.54) is 23.1 Å². The number of rotatable bonds is 5. The van der Waals surface area contributed by atoms with Crippen LogP contribution in [-0.4, -0.2) is 21.5 Å². The molecular formula is C15H11N3O2S2. The highest BCUT2D eigenvalue weighted by atomic mass is 32.2. The number of carbonyl (C=O) groups is 1. The van der Waals surface area contributed by atoms with E-state index in [2.05, 4.69) is 9.97 Å². The number of aromatic nitrogens is 2. The number of hydrogen-bond donors (Lipinski definition) is 0. The summed E-state index contributed by atoms with van der Waals surface area (Å²) in [7, 11) is 0. The number of nitrogens with zero attached hydrogens (tertiary/aromatic N) is 3. The van der Waals surface area contributed by atoms with Crippen LogP contribution in [0.3, 0.4) is 0 Å². The number of aryl methyl sites for hydroxylation is 1. The number of benzene rings is 1. The summed E-state index contributed by atoms with van der Waals surface area (Å²) in [5.74, 6) is -0.886. The van der Waals surface area contributed by atoms with Crippen molar-refractivity contribution < 1.29 is 9.21 Å². The Morgan fingerprint density at radius 1 is 1.45 bits per heavy atom. The second-order valence-corrected chi connectivity index (χ2v) is 6.41. The van der Waals surface area contributed by atoms with Gasteiger partial charge in [-0.3, -0.25) is 4.79 Å². The molecule has 0 saturated carbocycles. The molecule has 110 valence electrons. The average molecular weight is 329 g/mol. The monoisotopic (exact) mass is 329 g/mol. The van der Waals surface area contributed by atoms with Crippen LogP contribution >= 0.6 is 23.1 Å². The van der Waals surface area contributed by atoms with Crippen molar-refractivity contribution in [2.45, 2.75) is 18.1 Å². The molecule has 2 aromatic heterocycles. The number of Topliss-reactive ketones (excluding diaryl/α,β-unsaturated/α-hetero) is 1. The highest BCUT2D eigenvalue weighted by Gasteiger charge is 2.23. The summed E-state index contributed by atoms with van der Waals surface area (Å²) in [6.45, 7) is 1.84.